The van der Waals surface area contributed by atoms with Crippen molar-refractivity contribution in [3.8, 4) is 0 Å². The van der Waals surface area contributed by atoms with E-state index in [2.05, 4.69) is 16.8 Å². The molecule has 0 aromatic heterocycles. The summed E-state index contributed by atoms with van der Waals surface area (Å²) in [4.78, 5) is 18.7. The van der Waals surface area contributed by atoms with Crippen molar-refractivity contribution in [2.45, 2.75) is 63.6 Å². The standard InChI is InChI=1S/C16H29N3O/c1-13(20)18-9-8-16(12-18)17(2)10-11-19-14-4-3-5-15(19)7-6-14/h14-16H,3-12H2,1-2H3/t14-,15?,16-/m1/s1. The zero-order valence-corrected chi connectivity index (χ0v) is 13.1. The molecule has 4 heteroatoms. The maximum absolute atomic E-state index is 11.4. The molecular weight excluding hydrogens is 250 g/mol. The van der Waals surface area contributed by atoms with Gasteiger partial charge in [0.1, 0.15) is 0 Å². The number of hydrogen-bond acceptors (Lipinski definition) is 3. The molecule has 0 aromatic carbocycles. The van der Waals surface area contributed by atoms with Gasteiger partial charge in [0.15, 0.2) is 0 Å². The van der Waals surface area contributed by atoms with Gasteiger partial charge >= 0.3 is 0 Å². The summed E-state index contributed by atoms with van der Waals surface area (Å²) in [5.74, 6) is 0.231. The van der Waals surface area contributed by atoms with Crippen LogP contribution in [0.3, 0.4) is 0 Å². The lowest BCUT2D eigenvalue weighted by molar-refractivity contribution is -0.127. The Hall–Kier alpha value is -0.610. The van der Waals surface area contributed by atoms with Gasteiger partial charge < -0.3 is 9.80 Å². The van der Waals surface area contributed by atoms with Gasteiger partial charge in [0, 0.05) is 51.2 Å². The molecule has 3 aliphatic heterocycles. The lowest BCUT2D eigenvalue weighted by Crippen LogP contribution is -2.45. The Bertz CT molecular complexity index is 344. The fraction of sp³-hybridized carbons (Fsp3) is 0.938. The monoisotopic (exact) mass is 279 g/mol. The molecule has 3 aliphatic rings. The summed E-state index contributed by atoms with van der Waals surface area (Å²) in [6, 6.07) is 2.32. The van der Waals surface area contributed by atoms with Crippen molar-refractivity contribution in [3.05, 3.63) is 0 Å². The smallest absolute Gasteiger partial charge is 0.219 e. The highest BCUT2D eigenvalue weighted by atomic mass is 16.2. The zero-order valence-electron chi connectivity index (χ0n) is 13.1. The van der Waals surface area contributed by atoms with E-state index in [-0.39, 0.29) is 5.91 Å². The van der Waals surface area contributed by atoms with E-state index in [0.717, 1.165) is 38.1 Å². The number of piperidine rings is 1. The molecule has 0 aromatic rings. The topological polar surface area (TPSA) is 26.8 Å². The molecule has 114 valence electrons. The maximum Gasteiger partial charge on any atom is 0.219 e. The van der Waals surface area contributed by atoms with Crippen molar-refractivity contribution in [2.24, 2.45) is 0 Å². The van der Waals surface area contributed by atoms with E-state index in [1.165, 1.54) is 38.6 Å². The van der Waals surface area contributed by atoms with Crippen LogP contribution in [0.25, 0.3) is 0 Å². The maximum atomic E-state index is 11.4. The zero-order chi connectivity index (χ0) is 14.1. The van der Waals surface area contributed by atoms with Crippen LogP contribution in [-0.4, -0.2) is 72.0 Å². The second kappa shape index (κ2) is 6.02. The van der Waals surface area contributed by atoms with Crippen LogP contribution in [0.15, 0.2) is 0 Å². The summed E-state index contributed by atoms with van der Waals surface area (Å²) in [6.07, 6.45) is 8.27. The number of carbonyl (C=O) groups is 1. The molecule has 3 rings (SSSR count). The Balaban J connectivity index is 1.46. The number of nitrogens with zero attached hydrogens (tertiary/aromatic N) is 3. The van der Waals surface area contributed by atoms with Gasteiger partial charge in [0.2, 0.25) is 5.91 Å². The Kier molecular flexibility index (Phi) is 4.32. The van der Waals surface area contributed by atoms with E-state index >= 15 is 0 Å². The van der Waals surface area contributed by atoms with E-state index in [4.69, 9.17) is 0 Å². The molecule has 3 fully saturated rings. The molecule has 3 atom stereocenters. The molecule has 0 spiro atoms. The predicted molar refractivity (Wildman–Crippen MR) is 80.7 cm³/mol. The van der Waals surface area contributed by atoms with E-state index in [9.17, 15) is 4.79 Å². The van der Waals surface area contributed by atoms with Crippen LogP contribution < -0.4 is 0 Å². The summed E-state index contributed by atoms with van der Waals surface area (Å²) >= 11 is 0. The average Bonchev–Trinajstić information content (AvgIpc) is 2.99. The van der Waals surface area contributed by atoms with Gasteiger partial charge in [-0.1, -0.05) is 6.42 Å². The van der Waals surface area contributed by atoms with Gasteiger partial charge in [-0.05, 0) is 39.2 Å². The van der Waals surface area contributed by atoms with Crippen molar-refractivity contribution < 1.29 is 4.79 Å². The SMILES string of the molecule is CC(=O)N1CC[C@@H](N(C)CCN2C3CCC[C@@H]2CC3)C1. The van der Waals surface area contributed by atoms with Crippen molar-refractivity contribution in [2.75, 3.05) is 33.2 Å². The summed E-state index contributed by atoms with van der Waals surface area (Å²) in [7, 11) is 2.24. The van der Waals surface area contributed by atoms with E-state index in [0.29, 0.717) is 6.04 Å². The van der Waals surface area contributed by atoms with E-state index in [1.54, 1.807) is 6.92 Å². The van der Waals surface area contributed by atoms with Crippen LogP contribution in [0.1, 0.15) is 45.4 Å². The second-order valence-corrected chi connectivity index (χ2v) is 6.94. The number of carbonyl (C=O) groups excluding carboxylic acids is 1. The minimum Gasteiger partial charge on any atom is -0.341 e. The van der Waals surface area contributed by atoms with E-state index in [1.807, 2.05) is 4.90 Å². The minimum absolute atomic E-state index is 0.231. The van der Waals surface area contributed by atoms with Crippen LogP contribution in [0.2, 0.25) is 0 Å². The molecule has 0 N–H and O–H groups in total. The van der Waals surface area contributed by atoms with Crippen molar-refractivity contribution in [3.63, 3.8) is 0 Å². The third-order valence-corrected chi connectivity index (χ3v) is 5.79. The lowest BCUT2D eigenvalue weighted by atomic mass is 10.0. The first-order valence-corrected chi connectivity index (χ1v) is 8.36. The van der Waals surface area contributed by atoms with E-state index < -0.39 is 0 Å². The van der Waals surface area contributed by atoms with Crippen molar-refractivity contribution >= 4 is 5.91 Å². The molecule has 1 amide bonds. The largest absolute Gasteiger partial charge is 0.341 e. The van der Waals surface area contributed by atoms with Crippen LogP contribution in [0.5, 0.6) is 0 Å². The molecule has 0 saturated carbocycles. The first kappa shape index (κ1) is 14.3. The molecule has 1 unspecified atom stereocenters. The molecule has 3 heterocycles. The van der Waals surface area contributed by atoms with Gasteiger partial charge in [-0.15, -0.1) is 0 Å². The van der Waals surface area contributed by atoms with Gasteiger partial charge in [0.05, 0.1) is 0 Å². The highest BCUT2D eigenvalue weighted by Gasteiger charge is 2.36. The Morgan fingerprint density at radius 1 is 1.15 bits per heavy atom. The van der Waals surface area contributed by atoms with Gasteiger partial charge in [-0.3, -0.25) is 9.69 Å². The third kappa shape index (κ3) is 2.86. The Morgan fingerprint density at radius 3 is 2.45 bits per heavy atom. The summed E-state index contributed by atoms with van der Waals surface area (Å²) < 4.78 is 0. The minimum atomic E-state index is 0.231. The third-order valence-electron chi connectivity index (χ3n) is 5.79. The fourth-order valence-electron chi connectivity index (χ4n) is 4.43. The highest BCUT2D eigenvalue weighted by molar-refractivity contribution is 5.73. The molecule has 4 nitrogen and oxygen atoms in total. The quantitative estimate of drug-likeness (QED) is 0.781. The van der Waals surface area contributed by atoms with Crippen molar-refractivity contribution in [1.29, 1.82) is 0 Å². The van der Waals surface area contributed by atoms with Gasteiger partial charge in [-0.2, -0.15) is 0 Å². The Morgan fingerprint density at radius 2 is 1.85 bits per heavy atom. The van der Waals surface area contributed by atoms with Crippen LogP contribution in [0, 0.1) is 0 Å². The number of likely N-dealkylation sites (tertiary alicyclic amines) is 1. The molecule has 0 radical (unpaired) electrons. The Labute approximate surface area is 123 Å². The van der Waals surface area contributed by atoms with Gasteiger partial charge in [-0.25, -0.2) is 0 Å². The molecular formula is C16H29N3O. The number of rotatable bonds is 4. The lowest BCUT2D eigenvalue weighted by Gasteiger charge is -2.36. The average molecular weight is 279 g/mol. The molecule has 20 heavy (non-hydrogen) atoms. The summed E-state index contributed by atoms with van der Waals surface area (Å²) in [5.41, 5.74) is 0. The molecule has 3 saturated heterocycles. The number of fused-ring (bicyclic) bond motifs is 2. The number of likely N-dealkylation sites (N-methyl/N-ethyl adjacent to an activating group) is 1. The summed E-state index contributed by atoms with van der Waals surface area (Å²) in [5, 5.41) is 0. The first-order chi connectivity index (χ1) is 9.65. The predicted octanol–water partition coefficient (Wildman–Crippen LogP) is 1.56. The molecule has 2 bridgehead atoms. The van der Waals surface area contributed by atoms with Crippen LogP contribution in [0.4, 0.5) is 0 Å². The van der Waals surface area contributed by atoms with Crippen molar-refractivity contribution in [1.82, 2.24) is 14.7 Å². The number of amides is 1. The van der Waals surface area contributed by atoms with Crippen LogP contribution in [-0.2, 0) is 4.79 Å². The second-order valence-electron chi connectivity index (χ2n) is 6.94. The fourth-order valence-corrected chi connectivity index (χ4v) is 4.43. The van der Waals surface area contributed by atoms with Crippen LogP contribution >= 0.6 is 0 Å². The van der Waals surface area contributed by atoms with Gasteiger partial charge in [0.25, 0.3) is 0 Å². The normalized spacial score (nSPS) is 34.1. The first-order valence-electron chi connectivity index (χ1n) is 8.36. The highest BCUT2D eigenvalue weighted by Crippen LogP contribution is 2.35. The summed E-state index contributed by atoms with van der Waals surface area (Å²) in [6.45, 7) is 5.94. The number of hydrogen-bond donors (Lipinski definition) is 0. The molecule has 0 aliphatic carbocycles.